The summed E-state index contributed by atoms with van der Waals surface area (Å²) in [5.74, 6) is 1.57. The maximum Gasteiger partial charge on any atom is 0.343 e. The van der Waals surface area contributed by atoms with Gasteiger partial charge in [0.2, 0.25) is 9.84 Å². The van der Waals surface area contributed by atoms with Crippen LogP contribution >= 0.6 is 23.5 Å². The molecule has 2 heterocycles. The molecule has 0 saturated carbocycles. The van der Waals surface area contributed by atoms with Crippen molar-refractivity contribution in [1.82, 2.24) is 0 Å². The molecule has 0 aliphatic carbocycles. The molecule has 2 aliphatic heterocycles. The zero-order valence-electron chi connectivity index (χ0n) is 16.1. The summed E-state index contributed by atoms with van der Waals surface area (Å²) in [4.78, 5) is 25.2. The molecule has 8 heteroatoms. The van der Waals surface area contributed by atoms with Crippen LogP contribution in [0.4, 0.5) is 0 Å². The smallest absolute Gasteiger partial charge is 0.343 e. The van der Waals surface area contributed by atoms with E-state index in [1.54, 1.807) is 24.3 Å². The molecule has 2 aliphatic rings. The van der Waals surface area contributed by atoms with E-state index in [4.69, 9.17) is 4.74 Å². The first-order valence-corrected chi connectivity index (χ1v) is 13.1. The third-order valence-electron chi connectivity index (χ3n) is 5.16. The maximum absolute atomic E-state index is 13.0. The van der Waals surface area contributed by atoms with Gasteiger partial charge in [0.05, 0.1) is 19.9 Å². The zero-order valence-corrected chi connectivity index (χ0v) is 18.6. The highest BCUT2D eigenvalue weighted by Gasteiger charge is 2.35. The van der Waals surface area contributed by atoms with Crippen LogP contribution in [0, 0.1) is 0 Å². The summed E-state index contributed by atoms with van der Waals surface area (Å²) in [6.07, 6.45) is 0. The first-order valence-electron chi connectivity index (χ1n) is 9.53. The van der Waals surface area contributed by atoms with Gasteiger partial charge in [-0.3, -0.25) is 4.79 Å². The van der Waals surface area contributed by atoms with E-state index in [0.29, 0.717) is 10.3 Å². The van der Waals surface area contributed by atoms with E-state index in [1.807, 2.05) is 35.7 Å². The fourth-order valence-corrected chi connectivity index (χ4v) is 8.16. The van der Waals surface area contributed by atoms with Gasteiger partial charge in [-0.05, 0) is 48.0 Å². The third-order valence-corrected chi connectivity index (χ3v) is 10.1. The molecule has 1 saturated heterocycles. The van der Waals surface area contributed by atoms with Gasteiger partial charge < -0.3 is 4.74 Å². The SMILES string of the molecule is O=C(Oc1ccc(C2SCCS2)cc1)c1ccc2c(c1)S(=O)(=O)c1ccccc1C2=O. The van der Waals surface area contributed by atoms with Crippen LogP contribution < -0.4 is 4.74 Å². The Bertz CT molecular complexity index is 1310. The van der Waals surface area contributed by atoms with Crippen molar-refractivity contribution in [2.45, 2.75) is 14.4 Å². The summed E-state index contributed by atoms with van der Waals surface area (Å²) in [6, 6.07) is 17.5. The van der Waals surface area contributed by atoms with E-state index in [-0.39, 0.29) is 32.3 Å². The predicted molar refractivity (Wildman–Crippen MR) is 121 cm³/mol. The number of ether oxygens (including phenoxy) is 1. The molecular formula is C23H16O5S3. The standard InChI is InChI=1S/C23H16O5S3/c24-21-17-3-1-2-4-19(17)31(26,27)20-13-15(7-10-18(20)21)22(25)28-16-8-5-14(6-9-16)23-29-11-12-30-23/h1-10,13,23H,11-12H2. The van der Waals surface area contributed by atoms with Gasteiger partial charge >= 0.3 is 5.97 Å². The second-order valence-corrected chi connectivity index (χ2v) is 11.7. The molecule has 5 nitrogen and oxygen atoms in total. The normalized spacial score (nSPS) is 17.1. The molecule has 0 bridgehead atoms. The fraction of sp³-hybridized carbons (Fsp3) is 0.130. The Morgan fingerprint density at radius 2 is 1.55 bits per heavy atom. The van der Waals surface area contributed by atoms with Crippen molar-refractivity contribution < 1.29 is 22.7 Å². The lowest BCUT2D eigenvalue weighted by molar-refractivity contribution is 0.0734. The first-order chi connectivity index (χ1) is 14.9. The minimum absolute atomic E-state index is 0.0451. The van der Waals surface area contributed by atoms with Crippen LogP contribution in [0.5, 0.6) is 5.75 Å². The number of fused-ring (bicyclic) bond motifs is 2. The molecular weight excluding hydrogens is 452 g/mol. The summed E-state index contributed by atoms with van der Waals surface area (Å²) in [6.45, 7) is 0. The molecule has 5 rings (SSSR count). The number of rotatable bonds is 3. The van der Waals surface area contributed by atoms with Gasteiger partial charge in [0, 0.05) is 22.6 Å². The lowest BCUT2D eigenvalue weighted by Gasteiger charge is -2.19. The Labute approximate surface area is 188 Å². The van der Waals surface area contributed by atoms with E-state index in [9.17, 15) is 18.0 Å². The van der Waals surface area contributed by atoms with Crippen molar-refractivity contribution >= 4 is 45.1 Å². The molecule has 0 N–H and O–H groups in total. The van der Waals surface area contributed by atoms with Gasteiger partial charge in [-0.1, -0.05) is 24.3 Å². The monoisotopic (exact) mass is 468 g/mol. The molecule has 0 radical (unpaired) electrons. The highest BCUT2D eigenvalue weighted by Crippen LogP contribution is 2.45. The number of carbonyl (C=O) groups is 2. The number of sulfone groups is 1. The Morgan fingerprint density at radius 3 is 2.29 bits per heavy atom. The molecule has 3 aromatic carbocycles. The minimum Gasteiger partial charge on any atom is -0.423 e. The second-order valence-electron chi connectivity index (χ2n) is 7.07. The first kappa shape index (κ1) is 20.4. The predicted octanol–water partition coefficient (Wildman–Crippen LogP) is 4.76. The highest BCUT2D eigenvalue weighted by atomic mass is 32.2. The van der Waals surface area contributed by atoms with E-state index in [0.717, 1.165) is 11.5 Å². The van der Waals surface area contributed by atoms with E-state index in [2.05, 4.69) is 0 Å². The number of thioether (sulfide) groups is 2. The van der Waals surface area contributed by atoms with Gasteiger partial charge in [0.25, 0.3) is 0 Å². The summed E-state index contributed by atoms with van der Waals surface area (Å²) < 4.78 is 31.9. The number of hydrogen-bond donors (Lipinski definition) is 0. The topological polar surface area (TPSA) is 77.5 Å². The van der Waals surface area contributed by atoms with Crippen LogP contribution in [0.15, 0.2) is 76.5 Å². The van der Waals surface area contributed by atoms with Gasteiger partial charge in [-0.2, -0.15) is 0 Å². The van der Waals surface area contributed by atoms with E-state index in [1.165, 1.54) is 35.9 Å². The van der Waals surface area contributed by atoms with Gasteiger partial charge in [0.1, 0.15) is 5.75 Å². The fourth-order valence-electron chi connectivity index (χ4n) is 3.62. The number of benzene rings is 3. The Morgan fingerprint density at radius 1 is 0.871 bits per heavy atom. The van der Waals surface area contributed by atoms with Gasteiger partial charge in [-0.25, -0.2) is 13.2 Å². The van der Waals surface area contributed by atoms with Crippen LogP contribution in [0.1, 0.15) is 36.4 Å². The summed E-state index contributed by atoms with van der Waals surface area (Å²) in [5, 5.41) is 0. The van der Waals surface area contributed by atoms with E-state index < -0.39 is 15.8 Å². The summed E-state index contributed by atoms with van der Waals surface area (Å²) >= 11 is 3.78. The molecule has 1 fully saturated rings. The van der Waals surface area contributed by atoms with Crippen molar-refractivity contribution in [2.24, 2.45) is 0 Å². The lowest BCUT2D eigenvalue weighted by atomic mass is 10.0. The average molecular weight is 469 g/mol. The van der Waals surface area contributed by atoms with Crippen molar-refractivity contribution in [3.05, 3.63) is 89.0 Å². The number of esters is 1. The molecule has 3 aromatic rings. The average Bonchev–Trinajstić information content (AvgIpc) is 3.33. The molecule has 0 aromatic heterocycles. The van der Waals surface area contributed by atoms with Crippen LogP contribution in [0.25, 0.3) is 0 Å². The molecule has 0 spiro atoms. The lowest BCUT2D eigenvalue weighted by Crippen LogP contribution is -2.21. The van der Waals surface area contributed by atoms with Crippen LogP contribution in [0.2, 0.25) is 0 Å². The van der Waals surface area contributed by atoms with Crippen molar-refractivity contribution in [3.63, 3.8) is 0 Å². The van der Waals surface area contributed by atoms with Crippen LogP contribution in [0.3, 0.4) is 0 Å². The molecule has 0 atom stereocenters. The second kappa shape index (κ2) is 7.85. The Hall–Kier alpha value is -2.55. The molecule has 156 valence electrons. The zero-order chi connectivity index (χ0) is 21.6. The Balaban J connectivity index is 1.42. The van der Waals surface area contributed by atoms with Crippen molar-refractivity contribution in [2.75, 3.05) is 11.5 Å². The van der Waals surface area contributed by atoms with Crippen molar-refractivity contribution in [3.8, 4) is 5.75 Å². The van der Waals surface area contributed by atoms with Gasteiger partial charge in [0.15, 0.2) is 5.78 Å². The van der Waals surface area contributed by atoms with E-state index >= 15 is 0 Å². The number of carbonyl (C=O) groups excluding carboxylic acids is 2. The maximum atomic E-state index is 13.0. The summed E-state index contributed by atoms with van der Waals surface area (Å²) in [5.41, 5.74) is 1.44. The van der Waals surface area contributed by atoms with Crippen LogP contribution in [-0.2, 0) is 9.84 Å². The quantitative estimate of drug-likeness (QED) is 0.317. The van der Waals surface area contributed by atoms with Crippen LogP contribution in [-0.4, -0.2) is 31.7 Å². The van der Waals surface area contributed by atoms with Crippen molar-refractivity contribution in [1.29, 1.82) is 0 Å². The third kappa shape index (κ3) is 3.58. The van der Waals surface area contributed by atoms with Gasteiger partial charge in [-0.15, -0.1) is 23.5 Å². The summed E-state index contributed by atoms with van der Waals surface area (Å²) in [7, 11) is -3.91. The molecule has 31 heavy (non-hydrogen) atoms. The minimum atomic E-state index is -3.91. The molecule has 0 amide bonds. The Kier molecular flexibility index (Phi) is 5.16. The largest absolute Gasteiger partial charge is 0.423 e. The molecule has 0 unspecified atom stereocenters. The number of ketones is 1. The highest BCUT2D eigenvalue weighted by molar-refractivity contribution is 8.19. The number of hydrogen-bond acceptors (Lipinski definition) is 7.